The number of rotatable bonds is 9. The Balaban J connectivity index is 1.15. The van der Waals surface area contributed by atoms with Crippen molar-refractivity contribution in [2.24, 2.45) is 0 Å². The molecule has 2 heterocycles. The third kappa shape index (κ3) is 5.35. The minimum Gasteiger partial charge on any atom is -0.485 e. The van der Waals surface area contributed by atoms with Gasteiger partial charge < -0.3 is 19.2 Å². The van der Waals surface area contributed by atoms with Crippen molar-refractivity contribution in [2.45, 2.75) is 26.7 Å². The third-order valence-electron chi connectivity index (χ3n) is 5.59. The van der Waals surface area contributed by atoms with E-state index in [2.05, 4.69) is 17.3 Å². The Kier molecular flexibility index (Phi) is 6.48. The molecule has 0 bridgehead atoms. The van der Waals surface area contributed by atoms with E-state index in [1.54, 1.807) is 29.2 Å². The maximum atomic E-state index is 12.6. The van der Waals surface area contributed by atoms with E-state index in [4.69, 9.17) is 13.9 Å². The van der Waals surface area contributed by atoms with E-state index in [0.717, 1.165) is 28.7 Å². The number of ether oxygens (including phenoxy) is 2. The molecule has 0 spiro atoms. The van der Waals surface area contributed by atoms with Crippen LogP contribution in [0.3, 0.4) is 0 Å². The molecule has 3 aromatic carbocycles. The lowest BCUT2D eigenvalue weighted by atomic mass is 10.1. The first-order chi connectivity index (χ1) is 17.2. The molecule has 0 atom stereocenters. The van der Waals surface area contributed by atoms with E-state index >= 15 is 0 Å². The number of carbonyl (C=O) groups is 1. The number of nitrogens with zero attached hydrogens (tertiary/aromatic N) is 2. The van der Waals surface area contributed by atoms with Crippen LogP contribution in [0.2, 0.25) is 0 Å². The predicted molar refractivity (Wildman–Crippen MR) is 134 cm³/mol. The van der Waals surface area contributed by atoms with Gasteiger partial charge in [0.15, 0.2) is 12.5 Å². The highest BCUT2D eigenvalue weighted by atomic mass is 16.5. The first-order valence-electron chi connectivity index (χ1n) is 11.4. The van der Waals surface area contributed by atoms with Crippen LogP contribution >= 0.6 is 0 Å². The van der Waals surface area contributed by atoms with Gasteiger partial charge in [0, 0.05) is 5.39 Å². The monoisotopic (exact) mass is 467 g/mol. The smallest absolute Gasteiger partial charge is 0.291 e. The van der Waals surface area contributed by atoms with Crippen molar-refractivity contribution in [1.29, 1.82) is 0 Å². The Hall–Kier alpha value is -4.52. The number of hydrogen-bond acceptors (Lipinski definition) is 5. The highest BCUT2D eigenvalue weighted by molar-refractivity contribution is 6.02. The average molecular weight is 468 g/mol. The van der Waals surface area contributed by atoms with Gasteiger partial charge in [-0.25, -0.2) is 4.68 Å². The molecule has 176 valence electrons. The highest BCUT2D eigenvalue weighted by Crippen LogP contribution is 2.26. The summed E-state index contributed by atoms with van der Waals surface area (Å²) >= 11 is 0. The Morgan fingerprint density at radius 1 is 0.971 bits per heavy atom. The number of furan rings is 1. The van der Waals surface area contributed by atoms with Crippen LogP contribution in [0.15, 0.2) is 95.7 Å². The van der Waals surface area contributed by atoms with E-state index in [1.807, 2.05) is 66.7 Å². The molecule has 2 aromatic heterocycles. The molecular weight excluding hydrogens is 442 g/mol. The standard InChI is InChI=1S/C28H25N3O4/c1-2-20-10-12-23(13-11-20)34-19-31-17-22(16-29-31)30-28(32)27-15-14-24(35-27)18-33-26-9-5-7-21-6-3-4-8-25(21)26/h3-17H,2,18-19H2,1H3,(H,30,32). The van der Waals surface area contributed by atoms with E-state index < -0.39 is 0 Å². The largest absolute Gasteiger partial charge is 0.485 e. The number of fused-ring (bicyclic) bond motifs is 1. The summed E-state index contributed by atoms with van der Waals surface area (Å²) in [6.45, 7) is 2.56. The Labute approximate surface area is 202 Å². The molecule has 7 nitrogen and oxygen atoms in total. The number of carbonyl (C=O) groups excluding carboxylic acids is 1. The molecule has 0 fully saturated rings. The first kappa shape index (κ1) is 22.3. The van der Waals surface area contributed by atoms with Crippen molar-refractivity contribution in [3.05, 3.63) is 108 Å². The van der Waals surface area contributed by atoms with Gasteiger partial charge in [0.1, 0.15) is 23.9 Å². The van der Waals surface area contributed by atoms with Gasteiger partial charge in [-0.1, -0.05) is 55.5 Å². The molecule has 0 unspecified atom stereocenters. The van der Waals surface area contributed by atoms with E-state index in [1.165, 1.54) is 5.56 Å². The molecule has 0 saturated heterocycles. The molecule has 0 aliphatic heterocycles. The van der Waals surface area contributed by atoms with Gasteiger partial charge in [-0.15, -0.1) is 0 Å². The molecule has 1 N–H and O–H groups in total. The molecule has 0 aliphatic rings. The second-order valence-corrected chi connectivity index (χ2v) is 8.03. The SMILES string of the molecule is CCc1ccc(OCn2cc(NC(=O)c3ccc(COc4cccc5ccccc45)o3)cn2)cc1. The molecule has 7 heteroatoms. The summed E-state index contributed by atoms with van der Waals surface area (Å²) in [4.78, 5) is 12.6. The molecule has 1 amide bonds. The van der Waals surface area contributed by atoms with Gasteiger partial charge in [-0.2, -0.15) is 5.10 Å². The number of aromatic nitrogens is 2. The Bertz CT molecular complexity index is 1430. The summed E-state index contributed by atoms with van der Waals surface area (Å²) in [6.07, 6.45) is 4.25. The van der Waals surface area contributed by atoms with Gasteiger partial charge in [-0.3, -0.25) is 4.79 Å². The van der Waals surface area contributed by atoms with Crippen LogP contribution < -0.4 is 14.8 Å². The zero-order valence-electron chi connectivity index (χ0n) is 19.3. The summed E-state index contributed by atoms with van der Waals surface area (Å²) in [5.41, 5.74) is 1.80. The van der Waals surface area contributed by atoms with Gasteiger partial charge in [-0.05, 0) is 47.7 Å². The zero-order valence-corrected chi connectivity index (χ0v) is 19.3. The number of hydrogen-bond donors (Lipinski definition) is 1. The van der Waals surface area contributed by atoms with Crippen LogP contribution in [-0.2, 0) is 19.8 Å². The fourth-order valence-electron chi connectivity index (χ4n) is 3.70. The van der Waals surface area contributed by atoms with E-state index in [-0.39, 0.29) is 25.0 Å². The maximum Gasteiger partial charge on any atom is 0.291 e. The quantitative estimate of drug-likeness (QED) is 0.285. The van der Waals surface area contributed by atoms with Gasteiger partial charge in [0.25, 0.3) is 5.91 Å². The lowest BCUT2D eigenvalue weighted by molar-refractivity contribution is 0.0992. The molecular formula is C28H25N3O4. The molecule has 5 rings (SSSR count). The summed E-state index contributed by atoms with van der Waals surface area (Å²) in [5.74, 6) is 1.92. The predicted octanol–water partition coefficient (Wildman–Crippen LogP) is 6.06. The van der Waals surface area contributed by atoms with Crippen molar-refractivity contribution < 1.29 is 18.7 Å². The topological polar surface area (TPSA) is 78.5 Å². The zero-order chi connectivity index (χ0) is 24.0. The van der Waals surface area contributed by atoms with Crippen LogP contribution in [-0.4, -0.2) is 15.7 Å². The number of aryl methyl sites for hydroxylation is 1. The fraction of sp³-hybridized carbons (Fsp3) is 0.143. The minimum absolute atomic E-state index is 0.196. The fourth-order valence-corrected chi connectivity index (χ4v) is 3.70. The van der Waals surface area contributed by atoms with Crippen molar-refractivity contribution in [3.63, 3.8) is 0 Å². The van der Waals surface area contributed by atoms with Gasteiger partial charge >= 0.3 is 0 Å². The maximum absolute atomic E-state index is 12.6. The van der Waals surface area contributed by atoms with Crippen LogP contribution in [0.25, 0.3) is 10.8 Å². The third-order valence-corrected chi connectivity index (χ3v) is 5.59. The van der Waals surface area contributed by atoms with E-state index in [9.17, 15) is 4.79 Å². The van der Waals surface area contributed by atoms with Crippen LogP contribution in [0.4, 0.5) is 5.69 Å². The second-order valence-electron chi connectivity index (χ2n) is 8.03. The summed E-state index contributed by atoms with van der Waals surface area (Å²) < 4.78 is 19.0. The first-order valence-corrected chi connectivity index (χ1v) is 11.4. The Morgan fingerprint density at radius 3 is 2.66 bits per heavy atom. The number of benzene rings is 3. The lowest BCUT2D eigenvalue weighted by Gasteiger charge is -2.08. The number of anilines is 1. The van der Waals surface area contributed by atoms with E-state index in [0.29, 0.717) is 11.4 Å². The molecule has 35 heavy (non-hydrogen) atoms. The number of nitrogens with one attached hydrogen (secondary N) is 1. The molecule has 0 radical (unpaired) electrons. The van der Waals surface area contributed by atoms with Gasteiger partial charge in [0.05, 0.1) is 18.1 Å². The molecule has 0 aliphatic carbocycles. The molecule has 0 saturated carbocycles. The summed E-state index contributed by atoms with van der Waals surface area (Å²) in [7, 11) is 0. The van der Waals surface area contributed by atoms with Crippen molar-refractivity contribution >= 4 is 22.4 Å². The highest BCUT2D eigenvalue weighted by Gasteiger charge is 2.13. The van der Waals surface area contributed by atoms with Crippen LogP contribution in [0.1, 0.15) is 28.8 Å². The summed E-state index contributed by atoms with van der Waals surface area (Å²) in [6, 6.07) is 25.2. The Morgan fingerprint density at radius 2 is 1.80 bits per heavy atom. The lowest BCUT2D eigenvalue weighted by Crippen LogP contribution is -2.10. The van der Waals surface area contributed by atoms with Crippen LogP contribution in [0, 0.1) is 0 Å². The summed E-state index contributed by atoms with van der Waals surface area (Å²) in [5, 5.41) is 9.15. The number of amides is 1. The minimum atomic E-state index is -0.364. The van der Waals surface area contributed by atoms with Gasteiger partial charge in [0.2, 0.25) is 0 Å². The van der Waals surface area contributed by atoms with Crippen molar-refractivity contribution in [2.75, 3.05) is 5.32 Å². The van der Waals surface area contributed by atoms with Crippen molar-refractivity contribution in [3.8, 4) is 11.5 Å². The van der Waals surface area contributed by atoms with Crippen LogP contribution in [0.5, 0.6) is 11.5 Å². The second kappa shape index (κ2) is 10.2. The van der Waals surface area contributed by atoms with Crippen molar-refractivity contribution in [1.82, 2.24) is 9.78 Å². The average Bonchev–Trinajstić information content (AvgIpc) is 3.56. The molecule has 5 aromatic rings. The normalized spacial score (nSPS) is 10.9.